The minimum atomic E-state index is -4.53. The van der Waals surface area contributed by atoms with Gasteiger partial charge in [-0.1, -0.05) is 6.07 Å². The number of carbonyl (C=O) groups is 1. The minimum absolute atomic E-state index is 0.0237. The van der Waals surface area contributed by atoms with E-state index in [0.717, 1.165) is 11.1 Å². The second kappa shape index (κ2) is 6.49. The van der Waals surface area contributed by atoms with Gasteiger partial charge in [0.1, 0.15) is 6.61 Å². The number of aliphatic hydroxyl groups is 1. The first-order chi connectivity index (χ1) is 11.8. The molecule has 0 aliphatic carbocycles. The third-order valence-electron chi connectivity index (χ3n) is 4.21. The molecular formula is C16H16F3N3O3. The number of esters is 1. The van der Waals surface area contributed by atoms with Gasteiger partial charge in [-0.15, -0.1) is 0 Å². The van der Waals surface area contributed by atoms with Crippen molar-refractivity contribution in [2.24, 2.45) is 0 Å². The zero-order valence-electron chi connectivity index (χ0n) is 13.3. The number of hydrogen-bond donors (Lipinski definition) is 3. The Kier molecular flexibility index (Phi) is 4.53. The van der Waals surface area contributed by atoms with Crippen molar-refractivity contribution in [3.63, 3.8) is 0 Å². The lowest BCUT2D eigenvalue weighted by atomic mass is 9.95. The van der Waals surface area contributed by atoms with E-state index in [1.165, 1.54) is 6.20 Å². The van der Waals surface area contributed by atoms with Crippen LogP contribution in [-0.4, -0.2) is 27.8 Å². The van der Waals surface area contributed by atoms with Gasteiger partial charge in [0, 0.05) is 30.4 Å². The van der Waals surface area contributed by atoms with Crippen LogP contribution in [0.5, 0.6) is 0 Å². The Morgan fingerprint density at radius 3 is 2.92 bits per heavy atom. The van der Waals surface area contributed by atoms with Crippen molar-refractivity contribution < 1.29 is 27.8 Å². The van der Waals surface area contributed by atoms with Crippen LogP contribution in [0.25, 0.3) is 0 Å². The zero-order valence-corrected chi connectivity index (χ0v) is 13.3. The van der Waals surface area contributed by atoms with E-state index < -0.39 is 23.9 Å². The number of benzene rings is 1. The highest BCUT2D eigenvalue weighted by atomic mass is 19.4. The van der Waals surface area contributed by atoms with E-state index in [9.17, 15) is 23.1 Å². The van der Waals surface area contributed by atoms with Crippen LogP contribution in [-0.2, 0) is 24.1 Å². The predicted molar refractivity (Wildman–Crippen MR) is 80.6 cm³/mol. The van der Waals surface area contributed by atoms with Gasteiger partial charge in [-0.25, -0.2) is 4.79 Å². The molecule has 0 saturated carbocycles. The molecule has 0 saturated heterocycles. The Morgan fingerprint density at radius 1 is 1.44 bits per heavy atom. The molecule has 6 nitrogen and oxygen atoms in total. The number of H-pyrrole nitrogens is 1. The maximum atomic E-state index is 12.7. The summed E-state index contributed by atoms with van der Waals surface area (Å²) < 4.78 is 43.2. The number of fused-ring (bicyclic) bond motifs is 1. The molecule has 0 radical (unpaired) electrons. The van der Waals surface area contributed by atoms with Gasteiger partial charge in [0.15, 0.2) is 5.69 Å². The minimum Gasteiger partial charge on any atom is -0.457 e. The van der Waals surface area contributed by atoms with Gasteiger partial charge in [-0.05, 0) is 24.1 Å². The third-order valence-corrected chi connectivity index (χ3v) is 4.21. The summed E-state index contributed by atoms with van der Waals surface area (Å²) in [6.07, 6.45) is -4.29. The Bertz CT molecular complexity index is 802. The van der Waals surface area contributed by atoms with Crippen LogP contribution >= 0.6 is 0 Å². The number of carbonyl (C=O) groups excluding carboxylic acids is 1. The SMILES string of the molecule is Cc1c(C(O)CNCc2c[nH]nc2C(F)(F)F)ccc2c1COC2=O. The van der Waals surface area contributed by atoms with Crippen LogP contribution in [0.3, 0.4) is 0 Å². The molecule has 1 unspecified atom stereocenters. The van der Waals surface area contributed by atoms with Gasteiger partial charge >= 0.3 is 12.1 Å². The first kappa shape index (κ1) is 17.4. The molecule has 0 fully saturated rings. The number of nitrogens with one attached hydrogen (secondary N) is 2. The molecule has 1 aromatic carbocycles. The number of cyclic esters (lactones) is 1. The van der Waals surface area contributed by atoms with Crippen LogP contribution in [0.1, 0.15) is 44.4 Å². The number of hydrogen-bond acceptors (Lipinski definition) is 5. The monoisotopic (exact) mass is 355 g/mol. The third kappa shape index (κ3) is 3.38. The van der Waals surface area contributed by atoms with Gasteiger partial charge in [0.05, 0.1) is 11.7 Å². The second-order valence-corrected chi connectivity index (χ2v) is 5.79. The van der Waals surface area contributed by atoms with Crippen molar-refractivity contribution in [1.82, 2.24) is 15.5 Å². The highest BCUT2D eigenvalue weighted by Gasteiger charge is 2.36. The number of nitrogens with zero attached hydrogens (tertiary/aromatic N) is 1. The number of alkyl halides is 3. The predicted octanol–water partition coefficient (Wildman–Crippen LogP) is 2.23. The van der Waals surface area contributed by atoms with E-state index >= 15 is 0 Å². The summed E-state index contributed by atoms with van der Waals surface area (Å²) in [5.74, 6) is -0.392. The number of aliphatic hydroxyl groups excluding tert-OH is 1. The van der Waals surface area contributed by atoms with E-state index in [2.05, 4.69) is 15.5 Å². The van der Waals surface area contributed by atoms with Crippen LogP contribution in [0.15, 0.2) is 18.3 Å². The number of halogens is 3. The van der Waals surface area contributed by atoms with Crippen LogP contribution in [0.4, 0.5) is 13.2 Å². The quantitative estimate of drug-likeness (QED) is 0.716. The molecule has 2 heterocycles. The van der Waals surface area contributed by atoms with Crippen LogP contribution < -0.4 is 5.32 Å². The Labute approximate surface area is 141 Å². The summed E-state index contributed by atoms with van der Waals surface area (Å²) in [6.45, 7) is 1.90. The van der Waals surface area contributed by atoms with Crippen molar-refractivity contribution in [1.29, 1.82) is 0 Å². The second-order valence-electron chi connectivity index (χ2n) is 5.79. The zero-order chi connectivity index (χ0) is 18.2. The molecule has 1 aliphatic heterocycles. The first-order valence-electron chi connectivity index (χ1n) is 7.57. The summed E-state index contributed by atoms with van der Waals surface area (Å²) in [4.78, 5) is 11.5. The van der Waals surface area contributed by atoms with Crippen molar-refractivity contribution in [3.05, 3.63) is 51.8 Å². The summed E-state index contributed by atoms with van der Waals surface area (Å²) in [7, 11) is 0. The molecule has 9 heteroatoms. The highest BCUT2D eigenvalue weighted by Crippen LogP contribution is 2.30. The highest BCUT2D eigenvalue weighted by molar-refractivity contribution is 5.93. The normalized spacial score (nSPS) is 15.2. The summed E-state index contributed by atoms with van der Waals surface area (Å²) in [5, 5.41) is 18.5. The van der Waals surface area contributed by atoms with E-state index in [4.69, 9.17) is 4.74 Å². The fourth-order valence-corrected chi connectivity index (χ4v) is 2.88. The van der Waals surface area contributed by atoms with E-state index in [0.29, 0.717) is 11.1 Å². The van der Waals surface area contributed by atoms with Crippen molar-refractivity contribution in [2.75, 3.05) is 6.54 Å². The smallest absolute Gasteiger partial charge is 0.435 e. The molecule has 3 rings (SSSR count). The van der Waals surface area contributed by atoms with Crippen molar-refractivity contribution in [2.45, 2.75) is 32.4 Å². The number of rotatable bonds is 5. The van der Waals surface area contributed by atoms with E-state index in [-0.39, 0.29) is 25.3 Å². The average Bonchev–Trinajstić information content (AvgIpc) is 3.15. The lowest BCUT2D eigenvalue weighted by Gasteiger charge is -2.16. The standard InChI is InChI=1S/C16H16F3N3O3/c1-8-10(2-3-11-12(8)7-25-15(11)24)13(23)6-20-4-9-5-21-22-14(9)16(17,18)19/h2-3,5,13,20,23H,4,6-7H2,1H3,(H,21,22). The van der Waals surface area contributed by atoms with Gasteiger partial charge < -0.3 is 15.2 Å². The van der Waals surface area contributed by atoms with Crippen molar-refractivity contribution >= 4 is 5.97 Å². The first-order valence-corrected chi connectivity index (χ1v) is 7.57. The molecule has 3 N–H and O–H groups in total. The number of aromatic nitrogens is 2. The van der Waals surface area contributed by atoms with Crippen LogP contribution in [0.2, 0.25) is 0 Å². The molecular weight excluding hydrogens is 339 g/mol. The Hall–Kier alpha value is -2.39. The van der Waals surface area contributed by atoms with Gasteiger partial charge in [-0.2, -0.15) is 18.3 Å². The summed E-state index contributed by atoms with van der Waals surface area (Å²) in [5.41, 5.74) is 1.57. The topological polar surface area (TPSA) is 87.2 Å². The molecule has 0 spiro atoms. The average molecular weight is 355 g/mol. The van der Waals surface area contributed by atoms with E-state index in [1.807, 2.05) is 0 Å². The molecule has 25 heavy (non-hydrogen) atoms. The summed E-state index contributed by atoms with van der Waals surface area (Å²) in [6, 6.07) is 3.22. The Balaban J connectivity index is 1.65. The van der Waals surface area contributed by atoms with Gasteiger partial charge in [0.2, 0.25) is 0 Å². The number of aromatic amines is 1. The molecule has 0 amide bonds. The number of ether oxygens (including phenoxy) is 1. The van der Waals surface area contributed by atoms with Gasteiger partial charge in [0.25, 0.3) is 0 Å². The summed E-state index contributed by atoms with van der Waals surface area (Å²) >= 11 is 0. The molecule has 134 valence electrons. The fraction of sp³-hybridized carbons (Fsp3) is 0.375. The van der Waals surface area contributed by atoms with Crippen molar-refractivity contribution in [3.8, 4) is 0 Å². The maximum Gasteiger partial charge on any atom is 0.435 e. The molecule has 1 atom stereocenters. The molecule has 1 aliphatic rings. The molecule has 0 bridgehead atoms. The van der Waals surface area contributed by atoms with E-state index in [1.54, 1.807) is 19.1 Å². The lowest BCUT2D eigenvalue weighted by molar-refractivity contribution is -0.141. The Morgan fingerprint density at radius 2 is 2.20 bits per heavy atom. The fourth-order valence-electron chi connectivity index (χ4n) is 2.88. The molecule has 1 aromatic heterocycles. The largest absolute Gasteiger partial charge is 0.457 e. The maximum absolute atomic E-state index is 12.7. The van der Waals surface area contributed by atoms with Gasteiger partial charge in [-0.3, -0.25) is 5.10 Å². The molecule has 2 aromatic rings. The lowest BCUT2D eigenvalue weighted by Crippen LogP contribution is -2.23. The van der Waals surface area contributed by atoms with Crippen LogP contribution in [0, 0.1) is 6.92 Å².